The van der Waals surface area contributed by atoms with Crippen LogP contribution in [0.1, 0.15) is 22.6 Å². The van der Waals surface area contributed by atoms with E-state index in [-0.39, 0.29) is 12.5 Å². The second-order valence-corrected chi connectivity index (χ2v) is 6.16. The fourth-order valence-electron chi connectivity index (χ4n) is 2.94. The van der Waals surface area contributed by atoms with Crippen LogP contribution in [0.3, 0.4) is 0 Å². The number of ether oxygens (including phenoxy) is 1. The summed E-state index contributed by atoms with van der Waals surface area (Å²) in [5.74, 6) is 0.452. The number of aromatic nitrogens is 2. The highest BCUT2D eigenvalue weighted by atomic mass is 16.5. The summed E-state index contributed by atoms with van der Waals surface area (Å²) < 4.78 is 7.45. The summed E-state index contributed by atoms with van der Waals surface area (Å²) in [6.45, 7) is 2.98. The molecule has 7 heteroatoms. The topological polar surface area (TPSA) is 99.2 Å². The predicted octanol–water partition coefficient (Wildman–Crippen LogP) is 2.03. The Morgan fingerprint density at radius 1 is 1.15 bits per heavy atom. The van der Waals surface area contributed by atoms with Crippen molar-refractivity contribution >= 4 is 22.8 Å². The largest absolute Gasteiger partial charge is 0.483 e. The fraction of sp³-hybridized carbons (Fsp3) is 0.250. The molecule has 2 aromatic carbocycles. The molecule has 0 aliphatic rings. The molecule has 7 nitrogen and oxygen atoms in total. The van der Waals surface area contributed by atoms with Crippen LogP contribution in [0.25, 0.3) is 11.0 Å². The van der Waals surface area contributed by atoms with Crippen molar-refractivity contribution in [1.29, 1.82) is 0 Å². The number of fused-ring (bicyclic) bond motifs is 1. The minimum absolute atomic E-state index is 0.248. The van der Waals surface area contributed by atoms with E-state index < -0.39 is 5.91 Å². The Labute approximate surface area is 157 Å². The Bertz CT molecular complexity index is 965. The van der Waals surface area contributed by atoms with Gasteiger partial charge in [0, 0.05) is 13.1 Å². The van der Waals surface area contributed by atoms with Crippen molar-refractivity contribution in [1.82, 2.24) is 14.9 Å². The normalized spacial score (nSPS) is 10.7. The van der Waals surface area contributed by atoms with E-state index in [1.165, 1.54) is 0 Å². The first-order valence-corrected chi connectivity index (χ1v) is 8.76. The number of primary amides is 1. The van der Waals surface area contributed by atoms with Crippen LogP contribution in [0.5, 0.6) is 5.75 Å². The second-order valence-electron chi connectivity index (χ2n) is 6.16. The van der Waals surface area contributed by atoms with Crippen molar-refractivity contribution in [3.05, 3.63) is 59.9 Å². The lowest BCUT2D eigenvalue weighted by Crippen LogP contribution is -2.27. The summed E-state index contributed by atoms with van der Waals surface area (Å²) >= 11 is 0. The molecule has 0 spiro atoms. The van der Waals surface area contributed by atoms with Gasteiger partial charge in [0.2, 0.25) is 0 Å². The minimum Gasteiger partial charge on any atom is -0.483 e. The van der Waals surface area contributed by atoms with Gasteiger partial charge in [-0.3, -0.25) is 9.59 Å². The number of rotatable bonds is 8. The molecule has 3 N–H and O–H groups in total. The van der Waals surface area contributed by atoms with E-state index in [9.17, 15) is 9.59 Å². The highest BCUT2D eigenvalue weighted by molar-refractivity contribution is 5.97. The molecule has 3 aromatic rings. The molecule has 0 aliphatic carbocycles. The molecular weight excluding hydrogens is 344 g/mol. The molecule has 0 radical (unpaired) electrons. The quantitative estimate of drug-likeness (QED) is 0.596. The molecule has 3 rings (SSSR count). The Hall–Kier alpha value is -3.35. The lowest BCUT2D eigenvalue weighted by Gasteiger charge is -2.11. The SMILES string of the molecule is Cc1nc2ccccc2n1CCCNC(=O)c1ccccc1OCC(N)=O. The Morgan fingerprint density at radius 3 is 2.70 bits per heavy atom. The summed E-state index contributed by atoms with van der Waals surface area (Å²) in [7, 11) is 0. The van der Waals surface area contributed by atoms with Gasteiger partial charge in [0.05, 0.1) is 16.6 Å². The zero-order valence-electron chi connectivity index (χ0n) is 15.1. The third-order valence-corrected chi connectivity index (χ3v) is 4.19. The molecule has 0 unspecified atom stereocenters. The van der Waals surface area contributed by atoms with E-state index in [1.54, 1.807) is 24.3 Å². The maximum absolute atomic E-state index is 12.4. The number of nitrogens with two attached hydrogens (primary N) is 1. The zero-order valence-corrected chi connectivity index (χ0v) is 15.1. The van der Waals surface area contributed by atoms with Crippen LogP contribution in [0.4, 0.5) is 0 Å². The lowest BCUT2D eigenvalue weighted by molar-refractivity contribution is -0.119. The maximum atomic E-state index is 12.4. The summed E-state index contributed by atoms with van der Waals surface area (Å²) in [5.41, 5.74) is 7.53. The Kier molecular flexibility index (Phi) is 5.71. The predicted molar refractivity (Wildman–Crippen MR) is 103 cm³/mol. The second kappa shape index (κ2) is 8.35. The summed E-state index contributed by atoms with van der Waals surface area (Å²) in [5, 5.41) is 2.89. The molecule has 0 saturated heterocycles. The highest BCUT2D eigenvalue weighted by Crippen LogP contribution is 2.18. The van der Waals surface area contributed by atoms with Crippen molar-refractivity contribution in [2.24, 2.45) is 5.73 Å². The number of nitrogens with one attached hydrogen (secondary N) is 1. The number of nitrogens with zero attached hydrogens (tertiary/aromatic N) is 2. The first-order chi connectivity index (χ1) is 13.1. The number of imidazole rings is 1. The van der Waals surface area contributed by atoms with Crippen LogP contribution in [0, 0.1) is 6.92 Å². The molecule has 0 bridgehead atoms. The fourth-order valence-corrected chi connectivity index (χ4v) is 2.94. The van der Waals surface area contributed by atoms with Gasteiger partial charge in [-0.25, -0.2) is 4.98 Å². The van der Waals surface area contributed by atoms with E-state index in [2.05, 4.69) is 14.9 Å². The standard InChI is InChI=1S/C20H22N4O3/c1-14-23-16-8-3-4-9-17(16)24(14)12-6-11-22-20(26)15-7-2-5-10-18(15)27-13-19(21)25/h2-5,7-10H,6,11-13H2,1H3,(H2,21,25)(H,22,26). The van der Waals surface area contributed by atoms with Crippen molar-refractivity contribution in [3.8, 4) is 5.75 Å². The Balaban J connectivity index is 1.57. The average molecular weight is 366 g/mol. The third-order valence-electron chi connectivity index (χ3n) is 4.19. The van der Waals surface area contributed by atoms with Crippen LogP contribution in [-0.4, -0.2) is 34.5 Å². The van der Waals surface area contributed by atoms with Crippen molar-refractivity contribution in [2.75, 3.05) is 13.2 Å². The van der Waals surface area contributed by atoms with Crippen LogP contribution in [-0.2, 0) is 11.3 Å². The molecule has 0 fully saturated rings. The molecule has 0 saturated carbocycles. The van der Waals surface area contributed by atoms with E-state index in [0.29, 0.717) is 17.9 Å². The molecule has 1 heterocycles. The van der Waals surface area contributed by atoms with Gasteiger partial charge in [-0.1, -0.05) is 24.3 Å². The Morgan fingerprint density at radius 2 is 1.89 bits per heavy atom. The molecule has 140 valence electrons. The van der Waals surface area contributed by atoms with Gasteiger partial charge < -0.3 is 20.4 Å². The smallest absolute Gasteiger partial charge is 0.255 e. The first-order valence-electron chi connectivity index (χ1n) is 8.76. The molecule has 1 aromatic heterocycles. The van der Waals surface area contributed by atoms with E-state index >= 15 is 0 Å². The number of benzene rings is 2. The number of carbonyl (C=O) groups is 2. The van der Waals surface area contributed by atoms with E-state index in [4.69, 9.17) is 10.5 Å². The molecule has 0 aliphatic heterocycles. The van der Waals surface area contributed by atoms with Crippen LogP contribution < -0.4 is 15.8 Å². The van der Waals surface area contributed by atoms with E-state index in [1.807, 2.05) is 31.2 Å². The highest BCUT2D eigenvalue weighted by Gasteiger charge is 2.12. The minimum atomic E-state index is -0.590. The van der Waals surface area contributed by atoms with Gasteiger partial charge in [0.1, 0.15) is 11.6 Å². The molecule has 0 atom stereocenters. The number of hydrogen-bond acceptors (Lipinski definition) is 4. The van der Waals surface area contributed by atoms with Gasteiger partial charge in [-0.2, -0.15) is 0 Å². The van der Waals surface area contributed by atoms with Crippen LogP contribution >= 0.6 is 0 Å². The van der Waals surface area contributed by atoms with Gasteiger partial charge in [0.25, 0.3) is 11.8 Å². The third kappa shape index (κ3) is 4.44. The first kappa shape index (κ1) is 18.4. The molecular formula is C20H22N4O3. The number of amides is 2. The van der Waals surface area contributed by atoms with Crippen molar-refractivity contribution in [2.45, 2.75) is 19.9 Å². The van der Waals surface area contributed by atoms with Gasteiger partial charge in [-0.05, 0) is 37.6 Å². The number of aryl methyl sites for hydroxylation is 2. The summed E-state index contributed by atoms with van der Waals surface area (Å²) in [6.07, 6.45) is 0.761. The molecule has 2 amide bonds. The number of hydrogen-bond donors (Lipinski definition) is 2. The summed E-state index contributed by atoms with van der Waals surface area (Å²) in [6, 6.07) is 14.8. The van der Waals surface area contributed by atoms with E-state index in [0.717, 1.165) is 29.8 Å². The van der Waals surface area contributed by atoms with Crippen molar-refractivity contribution in [3.63, 3.8) is 0 Å². The van der Waals surface area contributed by atoms with Crippen molar-refractivity contribution < 1.29 is 14.3 Å². The van der Waals surface area contributed by atoms with Gasteiger partial charge >= 0.3 is 0 Å². The van der Waals surface area contributed by atoms with Crippen LogP contribution in [0.2, 0.25) is 0 Å². The summed E-state index contributed by atoms with van der Waals surface area (Å²) in [4.78, 5) is 27.9. The maximum Gasteiger partial charge on any atom is 0.255 e. The molecule has 27 heavy (non-hydrogen) atoms. The van der Waals surface area contributed by atoms with Gasteiger partial charge in [0.15, 0.2) is 6.61 Å². The number of carbonyl (C=O) groups excluding carboxylic acids is 2. The lowest BCUT2D eigenvalue weighted by atomic mass is 10.2. The average Bonchev–Trinajstić information content (AvgIpc) is 2.98. The van der Waals surface area contributed by atoms with Gasteiger partial charge in [-0.15, -0.1) is 0 Å². The number of para-hydroxylation sites is 3. The van der Waals surface area contributed by atoms with Crippen LogP contribution in [0.15, 0.2) is 48.5 Å². The zero-order chi connectivity index (χ0) is 19.2. The monoisotopic (exact) mass is 366 g/mol.